The van der Waals surface area contributed by atoms with Crippen LogP contribution in [0.2, 0.25) is 0 Å². The first-order chi connectivity index (χ1) is 25.6. The van der Waals surface area contributed by atoms with Gasteiger partial charge in [0.2, 0.25) is 0 Å². The second kappa shape index (κ2) is 11.9. The normalized spacial score (nSPS) is 11.7. The minimum atomic E-state index is 0.617. The number of nitrogens with zero attached hydrogens (tertiary/aromatic N) is 5. The van der Waals surface area contributed by atoms with Crippen molar-refractivity contribution in [1.82, 2.24) is 24.5 Å². The standard InChI is InChI=1S/C46H31N5O/c1-28-16-20-31(21-17-28)44-48-45(32-22-18-29(2)19-23-32)50-46(49-44)33-24-26-34(27-25-33)51-38-15-9-7-13-36(38)43-41(51)39-40(30-10-4-3-5-11-30)47-37-14-8-6-12-35(37)42(39)52-43/h3-27H,1-2H3. The number of furan rings is 1. The average molecular weight is 670 g/mol. The molecule has 0 saturated heterocycles. The Morgan fingerprint density at radius 1 is 0.442 bits per heavy atom. The van der Waals surface area contributed by atoms with Crippen LogP contribution < -0.4 is 0 Å². The monoisotopic (exact) mass is 669 g/mol. The number of aromatic nitrogens is 5. The highest BCUT2D eigenvalue weighted by Crippen LogP contribution is 2.44. The van der Waals surface area contributed by atoms with Gasteiger partial charge in [-0.3, -0.25) is 0 Å². The van der Waals surface area contributed by atoms with Gasteiger partial charge in [-0.15, -0.1) is 0 Å². The summed E-state index contributed by atoms with van der Waals surface area (Å²) in [5, 5.41) is 3.02. The van der Waals surface area contributed by atoms with E-state index < -0.39 is 0 Å². The van der Waals surface area contributed by atoms with Crippen LogP contribution >= 0.6 is 0 Å². The summed E-state index contributed by atoms with van der Waals surface area (Å²) < 4.78 is 9.17. The molecule has 0 atom stereocenters. The highest BCUT2D eigenvalue weighted by atomic mass is 16.3. The van der Waals surface area contributed by atoms with Crippen molar-refractivity contribution in [2.75, 3.05) is 0 Å². The molecule has 6 aromatic carbocycles. The third kappa shape index (κ3) is 4.88. The van der Waals surface area contributed by atoms with Crippen molar-refractivity contribution >= 4 is 43.9 Å². The topological polar surface area (TPSA) is 69.6 Å². The molecular formula is C46H31N5O. The quantitative estimate of drug-likeness (QED) is 0.182. The summed E-state index contributed by atoms with van der Waals surface area (Å²) in [5.74, 6) is 1.90. The Morgan fingerprint density at radius 2 is 0.962 bits per heavy atom. The maximum atomic E-state index is 6.87. The summed E-state index contributed by atoms with van der Waals surface area (Å²) in [4.78, 5) is 20.1. The number of hydrogen-bond donors (Lipinski definition) is 0. The van der Waals surface area contributed by atoms with Gasteiger partial charge in [0.25, 0.3) is 0 Å². The molecule has 0 N–H and O–H groups in total. The lowest BCUT2D eigenvalue weighted by Crippen LogP contribution is -2.01. The molecule has 0 aliphatic carbocycles. The number of rotatable bonds is 5. The van der Waals surface area contributed by atoms with Crippen molar-refractivity contribution in [3.63, 3.8) is 0 Å². The molecule has 0 saturated carbocycles. The Kier molecular flexibility index (Phi) is 6.83. The fourth-order valence-electron chi connectivity index (χ4n) is 7.15. The first-order valence-corrected chi connectivity index (χ1v) is 17.4. The van der Waals surface area contributed by atoms with Crippen LogP contribution in [-0.2, 0) is 0 Å². The molecule has 246 valence electrons. The van der Waals surface area contributed by atoms with Gasteiger partial charge >= 0.3 is 0 Å². The molecule has 10 aromatic rings. The fourth-order valence-corrected chi connectivity index (χ4v) is 7.15. The summed E-state index contributed by atoms with van der Waals surface area (Å²) >= 11 is 0. The molecular weight excluding hydrogens is 639 g/mol. The van der Waals surface area contributed by atoms with Crippen molar-refractivity contribution in [1.29, 1.82) is 0 Å². The number of hydrogen-bond acceptors (Lipinski definition) is 5. The SMILES string of the molecule is Cc1ccc(-c2nc(-c3ccc(C)cc3)nc(-c3ccc(-n4c5ccccc5c5oc6c7ccccc7nc(-c7ccccc7)c6c54)cc3)n2)cc1. The zero-order valence-corrected chi connectivity index (χ0v) is 28.6. The van der Waals surface area contributed by atoms with E-state index in [4.69, 9.17) is 24.4 Å². The third-order valence-electron chi connectivity index (χ3n) is 9.80. The molecule has 10 rings (SSSR count). The first kappa shape index (κ1) is 29.9. The van der Waals surface area contributed by atoms with E-state index in [1.165, 1.54) is 11.1 Å². The Bertz CT molecular complexity index is 2880. The van der Waals surface area contributed by atoms with Gasteiger partial charge in [0.15, 0.2) is 23.1 Å². The predicted octanol–water partition coefficient (Wildman–Crippen LogP) is 11.5. The number of benzene rings is 6. The molecule has 0 radical (unpaired) electrons. The molecule has 0 unspecified atom stereocenters. The second-order valence-electron chi connectivity index (χ2n) is 13.3. The van der Waals surface area contributed by atoms with Crippen molar-refractivity contribution in [3.8, 4) is 51.1 Å². The largest absolute Gasteiger partial charge is 0.453 e. The average Bonchev–Trinajstić information content (AvgIpc) is 3.74. The minimum Gasteiger partial charge on any atom is -0.453 e. The number of aryl methyl sites for hydroxylation is 2. The Morgan fingerprint density at radius 3 is 1.58 bits per heavy atom. The van der Waals surface area contributed by atoms with Gasteiger partial charge in [-0.2, -0.15) is 0 Å². The highest BCUT2D eigenvalue weighted by molar-refractivity contribution is 6.24. The Labute approximate surface area is 299 Å². The molecule has 6 nitrogen and oxygen atoms in total. The van der Waals surface area contributed by atoms with Gasteiger partial charge in [0.1, 0.15) is 11.1 Å². The van der Waals surface area contributed by atoms with Crippen LogP contribution in [0.15, 0.2) is 156 Å². The highest BCUT2D eigenvalue weighted by Gasteiger charge is 2.24. The molecule has 4 heterocycles. The summed E-state index contributed by atoms with van der Waals surface area (Å²) in [6.45, 7) is 4.16. The van der Waals surface area contributed by atoms with Gasteiger partial charge in [-0.25, -0.2) is 19.9 Å². The lowest BCUT2D eigenvalue weighted by atomic mass is 10.0. The molecule has 0 aliphatic rings. The van der Waals surface area contributed by atoms with Crippen LogP contribution in [-0.4, -0.2) is 24.5 Å². The van der Waals surface area contributed by atoms with E-state index in [2.05, 4.69) is 152 Å². The number of para-hydroxylation sites is 2. The van der Waals surface area contributed by atoms with Crippen LogP contribution in [0.5, 0.6) is 0 Å². The number of fused-ring (bicyclic) bond motifs is 7. The third-order valence-corrected chi connectivity index (χ3v) is 9.80. The van der Waals surface area contributed by atoms with Gasteiger partial charge in [-0.1, -0.05) is 114 Å². The van der Waals surface area contributed by atoms with E-state index in [1.54, 1.807) is 0 Å². The van der Waals surface area contributed by atoms with E-state index in [-0.39, 0.29) is 0 Å². The zero-order valence-electron chi connectivity index (χ0n) is 28.6. The summed E-state index contributed by atoms with van der Waals surface area (Å²) in [5.41, 5.74) is 12.7. The smallest absolute Gasteiger partial charge is 0.164 e. The maximum absolute atomic E-state index is 6.87. The molecule has 0 aliphatic heterocycles. The Hall–Kier alpha value is -6.92. The van der Waals surface area contributed by atoms with Crippen LogP contribution in [0.4, 0.5) is 0 Å². The predicted molar refractivity (Wildman–Crippen MR) is 210 cm³/mol. The first-order valence-electron chi connectivity index (χ1n) is 17.4. The van der Waals surface area contributed by atoms with Crippen molar-refractivity contribution in [3.05, 3.63) is 163 Å². The van der Waals surface area contributed by atoms with Crippen molar-refractivity contribution in [2.45, 2.75) is 13.8 Å². The van der Waals surface area contributed by atoms with Gasteiger partial charge in [-0.05, 0) is 62.4 Å². The van der Waals surface area contributed by atoms with E-state index in [0.29, 0.717) is 17.5 Å². The summed E-state index contributed by atoms with van der Waals surface area (Å²) in [6.07, 6.45) is 0. The van der Waals surface area contributed by atoms with Gasteiger partial charge < -0.3 is 8.98 Å². The lowest BCUT2D eigenvalue weighted by Gasteiger charge is -2.12. The zero-order chi connectivity index (χ0) is 34.8. The van der Waals surface area contributed by atoms with Crippen LogP contribution in [0.1, 0.15) is 11.1 Å². The van der Waals surface area contributed by atoms with Gasteiger partial charge in [0.05, 0.1) is 22.1 Å². The molecule has 52 heavy (non-hydrogen) atoms. The maximum Gasteiger partial charge on any atom is 0.164 e. The molecule has 0 spiro atoms. The van der Waals surface area contributed by atoms with Crippen molar-refractivity contribution < 1.29 is 4.42 Å². The lowest BCUT2D eigenvalue weighted by molar-refractivity contribution is 0.676. The summed E-state index contributed by atoms with van der Waals surface area (Å²) in [6, 6.07) is 52.1. The van der Waals surface area contributed by atoms with Crippen molar-refractivity contribution in [2.24, 2.45) is 0 Å². The van der Waals surface area contributed by atoms with Crippen LogP contribution in [0.25, 0.3) is 95.0 Å². The second-order valence-corrected chi connectivity index (χ2v) is 13.3. The van der Waals surface area contributed by atoms with Crippen LogP contribution in [0.3, 0.4) is 0 Å². The molecule has 4 aromatic heterocycles. The van der Waals surface area contributed by atoms with Gasteiger partial charge in [0, 0.05) is 38.7 Å². The number of pyridine rings is 1. The molecule has 6 heteroatoms. The molecule has 0 fully saturated rings. The van der Waals surface area contributed by atoms with E-state index in [1.807, 2.05) is 18.2 Å². The molecule has 0 bridgehead atoms. The minimum absolute atomic E-state index is 0.617. The molecule has 0 amide bonds. The van der Waals surface area contributed by atoms with E-state index in [9.17, 15) is 0 Å². The van der Waals surface area contributed by atoms with E-state index >= 15 is 0 Å². The fraction of sp³-hybridized carbons (Fsp3) is 0.0435. The van der Waals surface area contributed by atoms with E-state index in [0.717, 1.165) is 77.5 Å². The van der Waals surface area contributed by atoms with Crippen LogP contribution in [0, 0.1) is 13.8 Å². The Balaban J connectivity index is 1.18. The summed E-state index contributed by atoms with van der Waals surface area (Å²) in [7, 11) is 0.